The van der Waals surface area contributed by atoms with E-state index in [0.717, 1.165) is 16.7 Å². The maximum absolute atomic E-state index is 12.2. The molecule has 0 radical (unpaired) electrons. The molecule has 0 aliphatic rings. The van der Waals surface area contributed by atoms with Crippen LogP contribution in [0.15, 0.2) is 46.3 Å². The zero-order chi connectivity index (χ0) is 20.3. The summed E-state index contributed by atoms with van der Waals surface area (Å²) in [5.41, 5.74) is 3.62. The van der Waals surface area contributed by atoms with Gasteiger partial charge in [0.1, 0.15) is 19.5 Å². The number of halogens is 1. The van der Waals surface area contributed by atoms with Gasteiger partial charge >= 0.3 is 5.69 Å². The van der Waals surface area contributed by atoms with Crippen molar-refractivity contribution in [3.05, 3.63) is 68.6 Å². The van der Waals surface area contributed by atoms with Gasteiger partial charge in [-0.05, 0) is 54.1 Å². The van der Waals surface area contributed by atoms with E-state index in [-0.39, 0.29) is 12.3 Å². The Bertz CT molecular complexity index is 1090. The highest BCUT2D eigenvalue weighted by Gasteiger charge is 2.14. The summed E-state index contributed by atoms with van der Waals surface area (Å²) in [6, 6.07) is 11.0. The van der Waals surface area contributed by atoms with Gasteiger partial charge in [-0.3, -0.25) is 0 Å². The lowest BCUT2D eigenvalue weighted by molar-refractivity contribution is 0.213. The largest absolute Gasteiger partial charge is 0.487 e. The predicted molar refractivity (Wildman–Crippen MR) is 106 cm³/mol. The van der Waals surface area contributed by atoms with Crippen LogP contribution in [0.4, 0.5) is 0 Å². The molecule has 0 bridgehead atoms. The molecule has 3 aromatic rings. The van der Waals surface area contributed by atoms with E-state index >= 15 is 0 Å². The van der Waals surface area contributed by atoms with Gasteiger partial charge in [0.25, 0.3) is 0 Å². The van der Waals surface area contributed by atoms with Gasteiger partial charge in [-0.15, -0.1) is 0 Å². The predicted octanol–water partition coefficient (Wildman–Crippen LogP) is 2.88. The van der Waals surface area contributed by atoms with E-state index in [1.54, 1.807) is 25.2 Å². The lowest BCUT2D eigenvalue weighted by Crippen LogP contribution is -2.23. The lowest BCUT2D eigenvalue weighted by atomic mass is 10.1. The Morgan fingerprint density at radius 1 is 1.25 bits per heavy atom. The zero-order valence-corrected chi connectivity index (χ0v) is 16.8. The number of hydrogen-bond acceptors (Lipinski definition) is 6. The molecule has 3 rings (SSSR count). The normalized spacial score (nSPS) is 11.5. The summed E-state index contributed by atoms with van der Waals surface area (Å²) in [4.78, 5) is 17.0. The summed E-state index contributed by atoms with van der Waals surface area (Å²) in [5.74, 6) is 0.524. The van der Waals surface area contributed by atoms with Crippen LogP contribution in [-0.2, 0) is 18.5 Å². The van der Waals surface area contributed by atoms with Gasteiger partial charge in [0.05, 0.1) is 16.4 Å². The Morgan fingerprint density at radius 3 is 2.68 bits per heavy atom. The van der Waals surface area contributed by atoms with Gasteiger partial charge in [0.15, 0.2) is 0 Å². The van der Waals surface area contributed by atoms with Crippen molar-refractivity contribution in [2.45, 2.75) is 20.5 Å². The van der Waals surface area contributed by atoms with Crippen molar-refractivity contribution in [3.63, 3.8) is 0 Å². The standard InChI is InChI=1S/C19H20ClN5O3/c1-12-6-5-7-17(25-19(26)24(3)22-23-25)15(12)11-28-18-9-8-14(10-16(18)20)13(2)21-27-4/h5-10H,11H2,1-4H3/b21-13+. The Balaban J connectivity index is 1.89. The number of hydrogen-bond donors (Lipinski definition) is 0. The van der Waals surface area contributed by atoms with Crippen molar-refractivity contribution in [1.29, 1.82) is 0 Å². The smallest absolute Gasteiger partial charge is 0.368 e. The number of oxime groups is 1. The number of benzene rings is 2. The third kappa shape index (κ3) is 3.91. The molecule has 1 aromatic heterocycles. The molecule has 146 valence electrons. The van der Waals surface area contributed by atoms with Crippen LogP contribution in [0, 0.1) is 6.92 Å². The van der Waals surface area contributed by atoms with Crippen molar-refractivity contribution >= 4 is 17.3 Å². The molecule has 0 saturated heterocycles. The average Bonchev–Trinajstić information content (AvgIpc) is 3.00. The summed E-state index contributed by atoms with van der Waals surface area (Å²) in [6.45, 7) is 3.99. The molecule has 1 heterocycles. The monoisotopic (exact) mass is 401 g/mol. The molecular formula is C19H20ClN5O3. The fraction of sp³-hybridized carbons (Fsp3) is 0.263. The van der Waals surface area contributed by atoms with Gasteiger partial charge in [-0.25, -0.2) is 4.79 Å². The van der Waals surface area contributed by atoms with E-state index in [4.69, 9.17) is 21.2 Å². The van der Waals surface area contributed by atoms with Crippen molar-refractivity contribution in [1.82, 2.24) is 19.8 Å². The van der Waals surface area contributed by atoms with Gasteiger partial charge in [0.2, 0.25) is 0 Å². The molecule has 9 heteroatoms. The second kappa shape index (κ2) is 8.26. The minimum absolute atomic E-state index is 0.217. The van der Waals surface area contributed by atoms with Crippen LogP contribution in [-0.4, -0.2) is 32.6 Å². The van der Waals surface area contributed by atoms with E-state index in [2.05, 4.69) is 15.6 Å². The van der Waals surface area contributed by atoms with Gasteiger partial charge in [-0.2, -0.15) is 9.36 Å². The summed E-state index contributed by atoms with van der Waals surface area (Å²) >= 11 is 6.36. The lowest BCUT2D eigenvalue weighted by Gasteiger charge is -2.14. The summed E-state index contributed by atoms with van der Waals surface area (Å²) in [5, 5.41) is 12.0. The first-order valence-electron chi connectivity index (χ1n) is 8.50. The van der Waals surface area contributed by atoms with E-state index in [9.17, 15) is 4.79 Å². The molecule has 0 unspecified atom stereocenters. The van der Waals surface area contributed by atoms with Gasteiger partial charge in [-0.1, -0.05) is 28.9 Å². The minimum atomic E-state index is -0.331. The summed E-state index contributed by atoms with van der Waals surface area (Å²) in [6.07, 6.45) is 0. The molecule has 0 aliphatic carbocycles. The first-order chi connectivity index (χ1) is 13.4. The van der Waals surface area contributed by atoms with E-state index < -0.39 is 0 Å². The molecule has 0 atom stereocenters. The molecule has 0 saturated carbocycles. The first-order valence-corrected chi connectivity index (χ1v) is 8.88. The maximum Gasteiger partial charge on any atom is 0.368 e. The number of nitrogens with zero attached hydrogens (tertiary/aromatic N) is 5. The topological polar surface area (TPSA) is 83.5 Å². The third-order valence-corrected chi connectivity index (χ3v) is 4.58. The number of ether oxygens (including phenoxy) is 1. The molecular weight excluding hydrogens is 382 g/mol. The quantitative estimate of drug-likeness (QED) is 0.468. The number of aromatic nitrogens is 4. The van der Waals surface area contributed by atoms with Crippen molar-refractivity contribution < 1.29 is 9.57 Å². The van der Waals surface area contributed by atoms with Gasteiger partial charge < -0.3 is 9.57 Å². The fourth-order valence-electron chi connectivity index (χ4n) is 2.72. The molecule has 0 amide bonds. The van der Waals surface area contributed by atoms with Crippen molar-refractivity contribution in [3.8, 4) is 11.4 Å². The second-order valence-corrected chi connectivity index (χ2v) is 6.57. The minimum Gasteiger partial charge on any atom is -0.487 e. The maximum atomic E-state index is 12.2. The summed E-state index contributed by atoms with van der Waals surface area (Å²) in [7, 11) is 3.04. The highest BCUT2D eigenvalue weighted by atomic mass is 35.5. The number of rotatable bonds is 6. The van der Waals surface area contributed by atoms with E-state index in [1.165, 1.54) is 16.5 Å². The van der Waals surface area contributed by atoms with Crippen LogP contribution in [0.3, 0.4) is 0 Å². The highest BCUT2D eigenvalue weighted by molar-refractivity contribution is 6.32. The number of aryl methyl sites for hydroxylation is 2. The zero-order valence-electron chi connectivity index (χ0n) is 16.0. The van der Waals surface area contributed by atoms with Crippen LogP contribution in [0.25, 0.3) is 5.69 Å². The Labute approximate surface area is 166 Å². The van der Waals surface area contributed by atoms with E-state index in [1.807, 2.05) is 32.0 Å². The molecule has 0 aliphatic heterocycles. The molecule has 2 aromatic carbocycles. The Hall–Kier alpha value is -3.13. The van der Waals surface area contributed by atoms with Crippen LogP contribution in [0.2, 0.25) is 5.02 Å². The van der Waals surface area contributed by atoms with Crippen molar-refractivity contribution in [2.24, 2.45) is 12.2 Å². The Kier molecular flexibility index (Phi) is 5.79. The Morgan fingerprint density at radius 2 is 2.04 bits per heavy atom. The molecule has 0 spiro atoms. The van der Waals surface area contributed by atoms with Gasteiger partial charge in [0, 0.05) is 18.2 Å². The molecule has 0 fully saturated rings. The first kappa shape index (κ1) is 19.6. The second-order valence-electron chi connectivity index (χ2n) is 6.16. The van der Waals surface area contributed by atoms with Crippen molar-refractivity contribution in [2.75, 3.05) is 7.11 Å². The number of tetrazole rings is 1. The van der Waals surface area contributed by atoms with Crippen LogP contribution in [0.5, 0.6) is 5.75 Å². The third-order valence-electron chi connectivity index (χ3n) is 4.29. The SMILES string of the molecule is CO/N=C(\C)c1ccc(OCc2c(C)cccc2-n2nnn(C)c2=O)c(Cl)c1. The van der Waals surface area contributed by atoms with Crippen LogP contribution < -0.4 is 10.4 Å². The van der Waals surface area contributed by atoms with E-state index in [0.29, 0.717) is 22.2 Å². The van der Waals surface area contributed by atoms with Crippen LogP contribution >= 0.6 is 11.6 Å². The van der Waals surface area contributed by atoms with Crippen LogP contribution in [0.1, 0.15) is 23.6 Å². The summed E-state index contributed by atoms with van der Waals surface area (Å²) < 4.78 is 8.36. The molecule has 0 N–H and O–H groups in total. The molecule has 8 nitrogen and oxygen atoms in total. The molecule has 28 heavy (non-hydrogen) atoms. The highest BCUT2D eigenvalue weighted by Crippen LogP contribution is 2.28. The average molecular weight is 402 g/mol. The fourth-order valence-corrected chi connectivity index (χ4v) is 2.96.